The highest BCUT2D eigenvalue weighted by Crippen LogP contribution is 2.17. The molecule has 0 fully saturated rings. The van der Waals surface area contributed by atoms with Gasteiger partial charge in [0.15, 0.2) is 5.82 Å². The second-order valence-electron chi connectivity index (χ2n) is 5.32. The van der Waals surface area contributed by atoms with Crippen LogP contribution in [0.15, 0.2) is 30.5 Å². The number of carbonyl (C=O) groups is 1. The molecule has 1 heterocycles. The van der Waals surface area contributed by atoms with Gasteiger partial charge in [-0.2, -0.15) is 10.1 Å². The maximum absolute atomic E-state index is 11.0. The van der Waals surface area contributed by atoms with Gasteiger partial charge in [0, 0.05) is 24.8 Å². The average Bonchev–Trinajstić information content (AvgIpc) is 2.47. The van der Waals surface area contributed by atoms with E-state index in [0.717, 1.165) is 17.9 Å². The third-order valence-corrected chi connectivity index (χ3v) is 2.70. The standard InChI is InChI=1S/C15H20N6O/c1-10(2)8-16-15-20-14(9-17-21-15)19-13-6-4-12(5-7-13)18-11(3)22/h4-7,9-10H,8H2,1-3H3,(H,18,22)(H2,16,19,20,21). The fourth-order valence-corrected chi connectivity index (χ4v) is 1.72. The zero-order chi connectivity index (χ0) is 15.9. The zero-order valence-corrected chi connectivity index (χ0v) is 12.9. The summed E-state index contributed by atoms with van der Waals surface area (Å²) in [4.78, 5) is 15.3. The molecule has 3 N–H and O–H groups in total. The van der Waals surface area contributed by atoms with Crippen molar-refractivity contribution >= 4 is 29.0 Å². The number of amides is 1. The highest BCUT2D eigenvalue weighted by atomic mass is 16.1. The lowest BCUT2D eigenvalue weighted by Crippen LogP contribution is -2.11. The van der Waals surface area contributed by atoms with Crippen LogP contribution in [0.5, 0.6) is 0 Å². The smallest absolute Gasteiger partial charge is 0.244 e. The molecule has 0 unspecified atom stereocenters. The van der Waals surface area contributed by atoms with E-state index in [0.29, 0.717) is 17.7 Å². The molecular formula is C15H20N6O. The molecule has 0 radical (unpaired) electrons. The van der Waals surface area contributed by atoms with Crippen LogP contribution in [0.25, 0.3) is 0 Å². The lowest BCUT2D eigenvalue weighted by atomic mass is 10.2. The molecule has 0 saturated carbocycles. The Labute approximate surface area is 129 Å². The van der Waals surface area contributed by atoms with Gasteiger partial charge in [-0.05, 0) is 30.2 Å². The Kier molecular flexibility index (Phi) is 5.24. The van der Waals surface area contributed by atoms with Crippen molar-refractivity contribution in [1.82, 2.24) is 15.2 Å². The minimum atomic E-state index is -0.0958. The Hall–Kier alpha value is -2.70. The highest BCUT2D eigenvalue weighted by Gasteiger charge is 2.02. The van der Waals surface area contributed by atoms with Crippen molar-refractivity contribution in [3.05, 3.63) is 30.5 Å². The summed E-state index contributed by atoms with van der Waals surface area (Å²) in [5.41, 5.74) is 1.60. The minimum absolute atomic E-state index is 0.0958. The number of hydrogen-bond acceptors (Lipinski definition) is 6. The number of anilines is 4. The van der Waals surface area contributed by atoms with E-state index < -0.39 is 0 Å². The maximum Gasteiger partial charge on any atom is 0.244 e. The molecule has 0 aliphatic carbocycles. The molecule has 0 aliphatic heterocycles. The van der Waals surface area contributed by atoms with Gasteiger partial charge in [0.05, 0.1) is 6.20 Å². The number of benzene rings is 1. The molecule has 1 amide bonds. The molecule has 7 heteroatoms. The van der Waals surface area contributed by atoms with Crippen LogP contribution < -0.4 is 16.0 Å². The van der Waals surface area contributed by atoms with Gasteiger partial charge in [-0.3, -0.25) is 4.79 Å². The summed E-state index contributed by atoms with van der Waals surface area (Å²) in [5.74, 6) is 1.50. The Morgan fingerprint density at radius 3 is 2.50 bits per heavy atom. The number of hydrogen-bond donors (Lipinski definition) is 3. The fourth-order valence-electron chi connectivity index (χ4n) is 1.72. The van der Waals surface area contributed by atoms with Gasteiger partial charge in [-0.1, -0.05) is 13.8 Å². The van der Waals surface area contributed by atoms with Crippen molar-refractivity contribution < 1.29 is 4.79 Å². The Morgan fingerprint density at radius 1 is 1.18 bits per heavy atom. The summed E-state index contributed by atoms with van der Waals surface area (Å²) >= 11 is 0. The van der Waals surface area contributed by atoms with Gasteiger partial charge in [-0.15, -0.1) is 5.10 Å². The van der Waals surface area contributed by atoms with E-state index in [4.69, 9.17) is 0 Å². The van der Waals surface area contributed by atoms with Gasteiger partial charge in [0.2, 0.25) is 11.9 Å². The molecule has 1 aromatic carbocycles. The summed E-state index contributed by atoms with van der Waals surface area (Å²) in [7, 11) is 0. The predicted octanol–water partition coefficient (Wildman–Crippen LogP) is 2.64. The molecule has 7 nitrogen and oxygen atoms in total. The third kappa shape index (κ3) is 5.01. The summed E-state index contributed by atoms with van der Waals surface area (Å²) < 4.78 is 0. The lowest BCUT2D eigenvalue weighted by molar-refractivity contribution is -0.114. The van der Waals surface area contributed by atoms with Crippen LogP contribution in [-0.4, -0.2) is 27.6 Å². The molecule has 2 rings (SSSR count). The number of carbonyl (C=O) groups excluding carboxylic acids is 1. The highest BCUT2D eigenvalue weighted by molar-refractivity contribution is 5.88. The average molecular weight is 300 g/mol. The Balaban J connectivity index is 2.00. The largest absolute Gasteiger partial charge is 0.353 e. The van der Waals surface area contributed by atoms with E-state index in [9.17, 15) is 4.79 Å². The predicted molar refractivity (Wildman–Crippen MR) is 87.2 cm³/mol. The van der Waals surface area contributed by atoms with Crippen molar-refractivity contribution in [3.63, 3.8) is 0 Å². The van der Waals surface area contributed by atoms with Crippen LogP contribution in [0.2, 0.25) is 0 Å². The quantitative estimate of drug-likeness (QED) is 0.759. The first-order chi connectivity index (χ1) is 10.5. The Bertz CT molecular complexity index is 626. The molecule has 1 aromatic heterocycles. The maximum atomic E-state index is 11.0. The van der Waals surface area contributed by atoms with Crippen LogP contribution in [0.1, 0.15) is 20.8 Å². The first kappa shape index (κ1) is 15.7. The van der Waals surface area contributed by atoms with Crippen LogP contribution >= 0.6 is 0 Å². The summed E-state index contributed by atoms with van der Waals surface area (Å²) in [6, 6.07) is 7.34. The molecule has 0 atom stereocenters. The van der Waals surface area contributed by atoms with Crippen LogP contribution in [0.4, 0.5) is 23.1 Å². The second-order valence-corrected chi connectivity index (χ2v) is 5.32. The van der Waals surface area contributed by atoms with Crippen molar-refractivity contribution in [1.29, 1.82) is 0 Å². The summed E-state index contributed by atoms with van der Waals surface area (Å²) in [6.45, 7) is 6.49. The van der Waals surface area contributed by atoms with Gasteiger partial charge in [-0.25, -0.2) is 0 Å². The van der Waals surface area contributed by atoms with Gasteiger partial charge in [0.1, 0.15) is 0 Å². The van der Waals surface area contributed by atoms with Gasteiger partial charge < -0.3 is 16.0 Å². The molecule has 0 aliphatic rings. The van der Waals surface area contributed by atoms with Crippen molar-refractivity contribution in [3.8, 4) is 0 Å². The fraction of sp³-hybridized carbons (Fsp3) is 0.333. The van der Waals surface area contributed by atoms with Gasteiger partial charge in [0.25, 0.3) is 0 Å². The normalized spacial score (nSPS) is 10.4. The number of nitrogens with zero attached hydrogens (tertiary/aromatic N) is 3. The van der Waals surface area contributed by atoms with E-state index in [1.165, 1.54) is 6.92 Å². The first-order valence-electron chi connectivity index (χ1n) is 7.11. The molecule has 0 saturated heterocycles. The van der Waals surface area contributed by atoms with Gasteiger partial charge >= 0.3 is 0 Å². The van der Waals surface area contributed by atoms with Crippen molar-refractivity contribution in [2.75, 3.05) is 22.5 Å². The van der Waals surface area contributed by atoms with Crippen molar-refractivity contribution in [2.24, 2.45) is 5.92 Å². The Morgan fingerprint density at radius 2 is 1.86 bits per heavy atom. The van der Waals surface area contributed by atoms with Crippen LogP contribution in [0, 0.1) is 5.92 Å². The molecule has 0 spiro atoms. The molecule has 22 heavy (non-hydrogen) atoms. The number of rotatable bonds is 6. The molecule has 116 valence electrons. The SMILES string of the molecule is CC(=O)Nc1ccc(Nc2cnnc(NCC(C)C)n2)cc1. The van der Waals surface area contributed by atoms with E-state index >= 15 is 0 Å². The van der Waals surface area contributed by atoms with Crippen LogP contribution in [-0.2, 0) is 4.79 Å². The summed E-state index contributed by atoms with van der Waals surface area (Å²) in [6.07, 6.45) is 1.56. The van der Waals surface area contributed by atoms with E-state index in [1.807, 2.05) is 24.3 Å². The number of aromatic nitrogens is 3. The molecular weight excluding hydrogens is 280 g/mol. The summed E-state index contributed by atoms with van der Waals surface area (Å²) in [5, 5.41) is 16.9. The third-order valence-electron chi connectivity index (χ3n) is 2.70. The zero-order valence-electron chi connectivity index (χ0n) is 12.9. The van der Waals surface area contributed by atoms with Crippen molar-refractivity contribution in [2.45, 2.75) is 20.8 Å². The molecule has 0 bridgehead atoms. The first-order valence-corrected chi connectivity index (χ1v) is 7.11. The van der Waals surface area contributed by atoms with Crippen LogP contribution in [0.3, 0.4) is 0 Å². The minimum Gasteiger partial charge on any atom is -0.353 e. The number of nitrogens with one attached hydrogen (secondary N) is 3. The second kappa shape index (κ2) is 7.35. The van der Waals surface area contributed by atoms with E-state index in [2.05, 4.69) is 45.0 Å². The molecule has 2 aromatic rings. The van der Waals surface area contributed by atoms with E-state index in [1.54, 1.807) is 6.20 Å². The lowest BCUT2D eigenvalue weighted by Gasteiger charge is -2.09. The monoisotopic (exact) mass is 300 g/mol. The van der Waals surface area contributed by atoms with E-state index in [-0.39, 0.29) is 5.91 Å². The topological polar surface area (TPSA) is 91.8 Å².